The van der Waals surface area contributed by atoms with Crippen molar-refractivity contribution in [3.05, 3.63) is 0 Å². The van der Waals surface area contributed by atoms with E-state index in [0.717, 1.165) is 38.5 Å². The lowest BCUT2D eigenvalue weighted by Crippen LogP contribution is -2.44. The monoisotopic (exact) mass is 714 g/mol. The van der Waals surface area contributed by atoms with Crippen LogP contribution in [0.2, 0.25) is 0 Å². The maximum atomic E-state index is 12.7. The van der Waals surface area contributed by atoms with Gasteiger partial charge in [-0.15, -0.1) is 0 Å². The number of rotatable bonds is 38. The Balaban J connectivity index is 4.47. The van der Waals surface area contributed by atoms with Gasteiger partial charge in [-0.25, -0.2) is 0 Å². The van der Waals surface area contributed by atoms with Gasteiger partial charge in [-0.3, -0.25) is 9.59 Å². The zero-order valence-electron chi connectivity index (χ0n) is 33.3. The van der Waals surface area contributed by atoms with Gasteiger partial charge < -0.3 is 33.3 Å². The summed E-state index contributed by atoms with van der Waals surface area (Å²) < 4.78 is 22.5. The van der Waals surface area contributed by atoms with Crippen LogP contribution >= 0.6 is 0 Å². The van der Waals surface area contributed by atoms with Crippen LogP contribution in [0.4, 0.5) is 0 Å². The highest BCUT2D eigenvalue weighted by Crippen LogP contribution is 2.15. The smallest absolute Gasteiger partial charge is 0.306 e. The number of ether oxygens (including phenoxy) is 4. The first-order chi connectivity index (χ1) is 24.1. The van der Waals surface area contributed by atoms with E-state index in [-0.39, 0.29) is 32.2 Å². The van der Waals surface area contributed by atoms with E-state index in [9.17, 15) is 19.5 Å². The topological polar surface area (TPSA) is 111 Å². The summed E-state index contributed by atoms with van der Waals surface area (Å²) in [6.45, 7) is 4.74. The van der Waals surface area contributed by atoms with E-state index in [2.05, 4.69) is 13.8 Å². The summed E-state index contributed by atoms with van der Waals surface area (Å²) in [7, 11) is 5.91. The van der Waals surface area contributed by atoms with Crippen LogP contribution in [0.25, 0.3) is 0 Å². The summed E-state index contributed by atoms with van der Waals surface area (Å²) in [6.07, 6.45) is 28.4. The number of carboxylic acids is 1. The molecular weight excluding hydrogens is 634 g/mol. The Morgan fingerprint density at radius 2 is 0.900 bits per heavy atom. The number of quaternary nitrogens is 1. The molecule has 0 fully saturated rings. The molecule has 0 saturated carbocycles. The predicted molar refractivity (Wildman–Crippen MR) is 200 cm³/mol. The van der Waals surface area contributed by atoms with Gasteiger partial charge in [0.05, 0.1) is 40.3 Å². The van der Waals surface area contributed by atoms with E-state index in [1.165, 1.54) is 122 Å². The van der Waals surface area contributed by atoms with Gasteiger partial charge in [0, 0.05) is 12.8 Å². The number of esters is 2. The summed E-state index contributed by atoms with van der Waals surface area (Å²) in [6, 6.07) is 0. The van der Waals surface area contributed by atoms with Gasteiger partial charge in [-0.1, -0.05) is 162 Å². The molecule has 0 radical (unpaired) electrons. The number of unbranched alkanes of at least 4 members (excludes halogenated alkanes) is 23. The molecule has 0 amide bonds. The van der Waals surface area contributed by atoms with Crippen LogP contribution in [0.1, 0.15) is 187 Å². The van der Waals surface area contributed by atoms with Gasteiger partial charge in [0.1, 0.15) is 13.2 Å². The van der Waals surface area contributed by atoms with E-state index in [1.54, 1.807) is 0 Å². The predicted octanol–water partition coefficient (Wildman–Crippen LogP) is 8.83. The Morgan fingerprint density at radius 3 is 1.28 bits per heavy atom. The van der Waals surface area contributed by atoms with Gasteiger partial charge in [-0.2, -0.15) is 0 Å². The average molecular weight is 714 g/mol. The van der Waals surface area contributed by atoms with Crippen molar-refractivity contribution >= 4 is 17.9 Å². The third-order valence-electron chi connectivity index (χ3n) is 9.10. The highest BCUT2D eigenvalue weighted by molar-refractivity contribution is 5.70. The first kappa shape index (κ1) is 48.3. The summed E-state index contributed by atoms with van der Waals surface area (Å²) in [5, 5.41) is 11.6. The molecule has 9 nitrogen and oxygen atoms in total. The number of carboxylic acid groups (broad SMARTS) is 1. The molecular formula is C41H79NO8. The zero-order valence-corrected chi connectivity index (χ0v) is 33.3. The molecule has 2 unspecified atom stereocenters. The molecule has 0 N–H and O–H groups in total. The van der Waals surface area contributed by atoms with Crippen molar-refractivity contribution in [1.29, 1.82) is 0 Å². The number of hydrogen-bond acceptors (Lipinski definition) is 8. The van der Waals surface area contributed by atoms with Crippen molar-refractivity contribution in [2.45, 2.75) is 200 Å². The Kier molecular flexibility index (Phi) is 33.2. The third-order valence-corrected chi connectivity index (χ3v) is 9.10. The van der Waals surface area contributed by atoms with Crippen molar-refractivity contribution in [2.75, 3.05) is 47.5 Å². The first-order valence-electron chi connectivity index (χ1n) is 20.7. The summed E-state index contributed by atoms with van der Waals surface area (Å²) >= 11 is 0. The van der Waals surface area contributed by atoms with Crippen LogP contribution in [-0.2, 0) is 33.3 Å². The number of likely N-dealkylation sites (N-methyl/N-ethyl adjacent to an activating group) is 1. The van der Waals surface area contributed by atoms with Crippen molar-refractivity contribution < 1.29 is 42.9 Å². The average Bonchev–Trinajstić information content (AvgIpc) is 3.06. The molecule has 2 atom stereocenters. The molecule has 9 heteroatoms. The molecule has 0 aromatic carbocycles. The number of aliphatic carboxylic acids is 1. The van der Waals surface area contributed by atoms with Gasteiger partial charge in [0.25, 0.3) is 0 Å². The quantitative estimate of drug-likeness (QED) is 0.0270. The molecule has 0 rings (SSSR count). The standard InChI is InChI=1S/C41H79NO8/c1-6-8-10-12-14-16-18-20-22-24-26-28-30-32-39(44)50-37(36-49-41(40(45)46)47-34-33-42(3,4)5)35-48-38(43)31-29-27-25-23-21-19-17-15-13-11-9-7-2/h37,41H,6-36H2,1-5H3. The van der Waals surface area contributed by atoms with Crippen molar-refractivity contribution in [3.63, 3.8) is 0 Å². The van der Waals surface area contributed by atoms with E-state index < -0.39 is 24.3 Å². The van der Waals surface area contributed by atoms with Crippen LogP contribution < -0.4 is 5.11 Å². The van der Waals surface area contributed by atoms with E-state index >= 15 is 0 Å². The largest absolute Gasteiger partial charge is 0.545 e. The Labute approximate surface area is 307 Å². The minimum atomic E-state index is -1.61. The molecule has 0 spiro atoms. The van der Waals surface area contributed by atoms with Crippen molar-refractivity contribution in [1.82, 2.24) is 0 Å². The number of carbonyl (C=O) groups is 3. The van der Waals surface area contributed by atoms with Crippen LogP contribution in [0.5, 0.6) is 0 Å². The second kappa shape index (κ2) is 34.4. The van der Waals surface area contributed by atoms with Gasteiger partial charge in [0.2, 0.25) is 0 Å². The lowest BCUT2D eigenvalue weighted by atomic mass is 10.0. The number of carbonyl (C=O) groups excluding carboxylic acids is 3. The van der Waals surface area contributed by atoms with Gasteiger partial charge in [0.15, 0.2) is 12.4 Å². The summed E-state index contributed by atoms with van der Waals surface area (Å²) in [4.78, 5) is 36.8. The lowest BCUT2D eigenvalue weighted by molar-refractivity contribution is -0.870. The number of hydrogen-bond donors (Lipinski definition) is 0. The van der Waals surface area contributed by atoms with Crippen LogP contribution in [0.3, 0.4) is 0 Å². The Morgan fingerprint density at radius 1 is 0.520 bits per heavy atom. The van der Waals surface area contributed by atoms with E-state index in [4.69, 9.17) is 18.9 Å². The van der Waals surface area contributed by atoms with Gasteiger partial charge >= 0.3 is 11.9 Å². The Hall–Kier alpha value is -1.71. The van der Waals surface area contributed by atoms with Crippen molar-refractivity contribution in [3.8, 4) is 0 Å². The molecule has 0 aliphatic heterocycles. The molecule has 0 saturated heterocycles. The SMILES string of the molecule is CCCCCCCCCCCCCCCC(=O)OC(COC(=O)CCCCCCCCCCCCCC)COC(OCC[N+](C)(C)C)C(=O)[O-]. The molecule has 0 aromatic rings. The molecule has 0 heterocycles. The first-order valence-corrected chi connectivity index (χ1v) is 20.7. The zero-order chi connectivity index (χ0) is 37.1. The number of nitrogens with zero attached hydrogens (tertiary/aromatic N) is 1. The highest BCUT2D eigenvalue weighted by Gasteiger charge is 2.21. The van der Waals surface area contributed by atoms with E-state index in [1.807, 2.05) is 21.1 Å². The van der Waals surface area contributed by atoms with Crippen LogP contribution in [0, 0.1) is 0 Å². The molecule has 0 aliphatic rings. The normalized spacial score (nSPS) is 12.9. The fraction of sp³-hybridized carbons (Fsp3) is 0.927. The fourth-order valence-corrected chi connectivity index (χ4v) is 5.83. The molecule has 50 heavy (non-hydrogen) atoms. The second-order valence-electron chi connectivity index (χ2n) is 15.3. The minimum Gasteiger partial charge on any atom is -0.545 e. The minimum absolute atomic E-state index is 0.152. The Bertz CT molecular complexity index is 800. The molecule has 0 bridgehead atoms. The summed E-state index contributed by atoms with van der Waals surface area (Å²) in [5.41, 5.74) is 0. The maximum Gasteiger partial charge on any atom is 0.306 e. The third kappa shape index (κ3) is 34.7. The second-order valence-corrected chi connectivity index (χ2v) is 15.3. The molecule has 0 aromatic heterocycles. The lowest BCUT2D eigenvalue weighted by Gasteiger charge is -2.26. The van der Waals surface area contributed by atoms with Crippen molar-refractivity contribution in [2.24, 2.45) is 0 Å². The maximum absolute atomic E-state index is 12.7. The fourth-order valence-electron chi connectivity index (χ4n) is 5.83. The molecule has 296 valence electrons. The van der Waals surface area contributed by atoms with Gasteiger partial charge in [-0.05, 0) is 12.8 Å². The summed E-state index contributed by atoms with van der Waals surface area (Å²) in [5.74, 6) is -2.27. The highest BCUT2D eigenvalue weighted by atomic mass is 16.7. The van der Waals surface area contributed by atoms with Crippen LogP contribution in [-0.4, -0.2) is 82.3 Å². The molecule has 0 aliphatic carbocycles. The van der Waals surface area contributed by atoms with Crippen LogP contribution in [0.15, 0.2) is 0 Å². The van der Waals surface area contributed by atoms with E-state index in [0.29, 0.717) is 17.4 Å².